The Balaban J connectivity index is 2.21. The normalized spacial score (nSPS) is 9.89. The summed E-state index contributed by atoms with van der Waals surface area (Å²) in [6.45, 7) is 0. The van der Waals surface area contributed by atoms with E-state index in [-0.39, 0.29) is 10.8 Å². The number of methoxy groups -OCH3 is 1. The average molecular weight is 265 g/mol. The summed E-state index contributed by atoms with van der Waals surface area (Å²) in [5, 5.41) is 2.77. The summed E-state index contributed by atoms with van der Waals surface area (Å²) in [5.74, 6) is -0.114. The Bertz CT molecular complexity index is 576. The Labute approximate surface area is 108 Å². The number of nitrogens with one attached hydrogen (secondary N) is 1. The first kappa shape index (κ1) is 12.3. The number of rotatable bonds is 3. The highest BCUT2D eigenvalue weighted by molar-refractivity contribution is 6.29. The predicted octanol–water partition coefficient (Wildman–Crippen LogP) is 1.79. The number of anilines is 1. The maximum Gasteiger partial charge on any atom is 0.276 e. The molecule has 0 saturated heterocycles. The van der Waals surface area contributed by atoms with Crippen molar-refractivity contribution in [3.8, 4) is 5.88 Å². The lowest BCUT2D eigenvalue weighted by Gasteiger charge is -2.07. The van der Waals surface area contributed by atoms with Crippen molar-refractivity contribution in [2.45, 2.75) is 0 Å². The van der Waals surface area contributed by atoms with Crippen molar-refractivity contribution in [1.82, 2.24) is 15.0 Å². The first-order chi connectivity index (χ1) is 8.70. The third kappa shape index (κ3) is 2.72. The van der Waals surface area contributed by atoms with Gasteiger partial charge in [0, 0.05) is 6.20 Å². The summed E-state index contributed by atoms with van der Waals surface area (Å²) in [5.41, 5.74) is 0.570. The summed E-state index contributed by atoms with van der Waals surface area (Å²) >= 11 is 5.66. The number of carbonyl (C=O) groups excluding carboxylic acids is 1. The van der Waals surface area contributed by atoms with E-state index >= 15 is 0 Å². The number of amides is 1. The number of ether oxygens (including phenoxy) is 1. The molecule has 0 aliphatic rings. The van der Waals surface area contributed by atoms with Crippen LogP contribution >= 0.6 is 11.6 Å². The number of hydrogen-bond acceptors (Lipinski definition) is 5. The van der Waals surface area contributed by atoms with E-state index in [1.54, 1.807) is 18.3 Å². The van der Waals surface area contributed by atoms with E-state index in [1.807, 2.05) is 0 Å². The van der Waals surface area contributed by atoms with Crippen molar-refractivity contribution in [1.29, 1.82) is 0 Å². The SMILES string of the molecule is COc1ncccc1NC(=O)c1cncc(Cl)n1. The number of aromatic nitrogens is 3. The minimum atomic E-state index is -0.434. The number of carbonyl (C=O) groups is 1. The average Bonchev–Trinajstić information content (AvgIpc) is 2.39. The van der Waals surface area contributed by atoms with Crippen LogP contribution in [0.25, 0.3) is 0 Å². The second kappa shape index (κ2) is 5.42. The van der Waals surface area contributed by atoms with Crippen LogP contribution in [-0.4, -0.2) is 28.0 Å². The number of nitrogens with zero attached hydrogens (tertiary/aromatic N) is 3. The van der Waals surface area contributed by atoms with Gasteiger partial charge in [0.05, 0.1) is 19.5 Å². The quantitative estimate of drug-likeness (QED) is 0.914. The maximum absolute atomic E-state index is 11.9. The fourth-order valence-corrected chi connectivity index (χ4v) is 1.43. The van der Waals surface area contributed by atoms with Crippen LogP contribution in [0.4, 0.5) is 5.69 Å². The van der Waals surface area contributed by atoms with Gasteiger partial charge in [0.1, 0.15) is 16.5 Å². The fraction of sp³-hybridized carbons (Fsp3) is 0.0909. The molecule has 7 heteroatoms. The van der Waals surface area contributed by atoms with Gasteiger partial charge in [0.2, 0.25) is 5.88 Å². The lowest BCUT2D eigenvalue weighted by molar-refractivity contribution is 0.102. The topological polar surface area (TPSA) is 77.0 Å². The van der Waals surface area contributed by atoms with Gasteiger partial charge in [-0.1, -0.05) is 11.6 Å². The summed E-state index contributed by atoms with van der Waals surface area (Å²) < 4.78 is 5.02. The molecule has 0 aromatic carbocycles. The van der Waals surface area contributed by atoms with Gasteiger partial charge in [-0.2, -0.15) is 0 Å². The molecule has 0 spiro atoms. The second-order valence-corrected chi connectivity index (χ2v) is 3.63. The Hall–Kier alpha value is -2.21. The molecule has 0 aliphatic carbocycles. The first-order valence-corrected chi connectivity index (χ1v) is 5.36. The lowest BCUT2D eigenvalue weighted by Crippen LogP contribution is -2.15. The summed E-state index contributed by atoms with van der Waals surface area (Å²) in [7, 11) is 1.47. The highest BCUT2D eigenvalue weighted by atomic mass is 35.5. The van der Waals surface area contributed by atoms with E-state index in [0.29, 0.717) is 11.6 Å². The van der Waals surface area contributed by atoms with Gasteiger partial charge < -0.3 is 10.1 Å². The Morgan fingerprint density at radius 2 is 2.28 bits per heavy atom. The Morgan fingerprint density at radius 3 is 3.00 bits per heavy atom. The number of pyridine rings is 1. The lowest BCUT2D eigenvalue weighted by atomic mass is 10.3. The van der Waals surface area contributed by atoms with Crippen LogP contribution in [0.15, 0.2) is 30.7 Å². The fourth-order valence-electron chi connectivity index (χ4n) is 1.29. The standard InChI is InChI=1S/C11H9ClN4O2/c1-18-11-7(3-2-4-14-11)16-10(17)8-5-13-6-9(12)15-8/h2-6H,1H3,(H,16,17). The van der Waals surface area contributed by atoms with Crippen molar-refractivity contribution < 1.29 is 9.53 Å². The van der Waals surface area contributed by atoms with Gasteiger partial charge in [0.15, 0.2) is 0 Å². The van der Waals surface area contributed by atoms with E-state index in [4.69, 9.17) is 16.3 Å². The first-order valence-electron chi connectivity index (χ1n) is 4.98. The van der Waals surface area contributed by atoms with Crippen molar-refractivity contribution in [3.63, 3.8) is 0 Å². The van der Waals surface area contributed by atoms with Crippen molar-refractivity contribution in [2.75, 3.05) is 12.4 Å². The molecule has 2 heterocycles. The van der Waals surface area contributed by atoms with E-state index in [9.17, 15) is 4.79 Å². The zero-order valence-corrected chi connectivity index (χ0v) is 10.2. The monoisotopic (exact) mass is 264 g/mol. The molecular formula is C11H9ClN4O2. The van der Waals surface area contributed by atoms with Gasteiger partial charge >= 0.3 is 0 Å². The summed E-state index contributed by atoms with van der Waals surface area (Å²) in [6, 6.07) is 3.35. The van der Waals surface area contributed by atoms with E-state index in [2.05, 4.69) is 20.3 Å². The molecule has 0 fully saturated rings. The number of hydrogen-bond donors (Lipinski definition) is 1. The Morgan fingerprint density at radius 1 is 1.44 bits per heavy atom. The predicted molar refractivity (Wildman–Crippen MR) is 65.8 cm³/mol. The highest BCUT2D eigenvalue weighted by Gasteiger charge is 2.11. The van der Waals surface area contributed by atoms with Crippen LogP contribution in [0.5, 0.6) is 5.88 Å². The number of halogens is 1. The van der Waals surface area contributed by atoms with Crippen LogP contribution in [0.2, 0.25) is 5.15 Å². The van der Waals surface area contributed by atoms with Gasteiger partial charge in [-0.25, -0.2) is 9.97 Å². The molecule has 0 aliphatic heterocycles. The molecule has 2 aromatic heterocycles. The van der Waals surface area contributed by atoms with Gasteiger partial charge in [-0.3, -0.25) is 9.78 Å². The van der Waals surface area contributed by atoms with E-state index in [1.165, 1.54) is 19.5 Å². The molecule has 0 bridgehead atoms. The molecule has 2 rings (SSSR count). The third-order valence-corrected chi connectivity index (χ3v) is 2.23. The zero-order valence-electron chi connectivity index (χ0n) is 9.42. The molecule has 2 aromatic rings. The van der Waals surface area contributed by atoms with Gasteiger partial charge in [0.25, 0.3) is 5.91 Å². The molecular weight excluding hydrogens is 256 g/mol. The molecule has 18 heavy (non-hydrogen) atoms. The van der Waals surface area contributed by atoms with Gasteiger partial charge in [-0.15, -0.1) is 0 Å². The Kier molecular flexibility index (Phi) is 3.69. The van der Waals surface area contributed by atoms with Crippen LogP contribution in [0.1, 0.15) is 10.5 Å². The maximum atomic E-state index is 11.9. The van der Waals surface area contributed by atoms with Crippen LogP contribution in [-0.2, 0) is 0 Å². The molecule has 0 atom stereocenters. The van der Waals surface area contributed by atoms with E-state index < -0.39 is 5.91 Å². The molecule has 92 valence electrons. The van der Waals surface area contributed by atoms with Crippen molar-refractivity contribution in [3.05, 3.63) is 41.6 Å². The summed E-state index contributed by atoms with van der Waals surface area (Å²) in [4.78, 5) is 23.5. The molecule has 0 saturated carbocycles. The third-order valence-electron chi connectivity index (χ3n) is 2.05. The van der Waals surface area contributed by atoms with Crippen molar-refractivity contribution >= 4 is 23.2 Å². The summed E-state index contributed by atoms with van der Waals surface area (Å²) in [6.07, 6.45) is 4.24. The molecule has 1 amide bonds. The highest BCUT2D eigenvalue weighted by Crippen LogP contribution is 2.20. The molecule has 0 radical (unpaired) electrons. The van der Waals surface area contributed by atoms with Crippen LogP contribution < -0.4 is 10.1 Å². The smallest absolute Gasteiger partial charge is 0.276 e. The van der Waals surface area contributed by atoms with E-state index in [0.717, 1.165) is 0 Å². The second-order valence-electron chi connectivity index (χ2n) is 3.24. The molecule has 0 unspecified atom stereocenters. The van der Waals surface area contributed by atoms with Crippen LogP contribution in [0, 0.1) is 0 Å². The van der Waals surface area contributed by atoms with Crippen molar-refractivity contribution in [2.24, 2.45) is 0 Å². The molecule has 6 nitrogen and oxygen atoms in total. The zero-order chi connectivity index (χ0) is 13.0. The van der Waals surface area contributed by atoms with Gasteiger partial charge in [-0.05, 0) is 12.1 Å². The largest absolute Gasteiger partial charge is 0.480 e. The molecule has 1 N–H and O–H groups in total. The minimum absolute atomic E-state index is 0.119. The van der Waals surface area contributed by atoms with Crippen LogP contribution in [0.3, 0.4) is 0 Å². The minimum Gasteiger partial charge on any atom is -0.480 e.